The molecular weight excluding hydrogens is 148 g/mol. The first-order chi connectivity index (χ1) is 4.71. The van der Waals surface area contributed by atoms with E-state index in [1.54, 1.807) is 0 Å². The number of hydrogen-bond acceptors (Lipinski definition) is 3. The largest absolute Gasteiger partial charge is 0.368 e. The Morgan fingerprint density at radius 1 is 1.70 bits per heavy atom. The van der Waals surface area contributed by atoms with Gasteiger partial charge in [-0.25, -0.2) is 4.72 Å². The van der Waals surface area contributed by atoms with Gasteiger partial charge in [0.05, 0.1) is 0 Å². The number of nitrogens with two attached hydrogens (primary N) is 1. The van der Waals surface area contributed by atoms with Crippen molar-refractivity contribution in [1.82, 2.24) is 4.72 Å². The van der Waals surface area contributed by atoms with Crippen LogP contribution >= 0.6 is 11.9 Å². The van der Waals surface area contributed by atoms with Crippen molar-refractivity contribution in [2.75, 3.05) is 6.26 Å². The molecule has 0 atom stereocenters. The molecule has 3 nitrogen and oxygen atoms in total. The first-order valence-electron chi connectivity index (χ1n) is 3.31. The average Bonchev–Trinajstić information content (AvgIpc) is 1.77. The van der Waals surface area contributed by atoms with Gasteiger partial charge in [0.25, 0.3) is 0 Å². The molecule has 0 heterocycles. The van der Waals surface area contributed by atoms with E-state index in [1.165, 1.54) is 11.9 Å². The lowest BCUT2D eigenvalue weighted by molar-refractivity contribution is -0.126. The van der Waals surface area contributed by atoms with Gasteiger partial charge >= 0.3 is 0 Å². The van der Waals surface area contributed by atoms with Crippen LogP contribution in [0.2, 0.25) is 0 Å². The summed E-state index contributed by atoms with van der Waals surface area (Å²) < 4.78 is 3.04. The van der Waals surface area contributed by atoms with Crippen molar-refractivity contribution in [3.8, 4) is 0 Å². The van der Waals surface area contributed by atoms with Crippen LogP contribution in [0.25, 0.3) is 0 Å². The Hall–Kier alpha value is -0.220. The molecule has 0 aromatic heterocycles. The summed E-state index contributed by atoms with van der Waals surface area (Å²) in [4.78, 5) is 10.8. The zero-order valence-corrected chi connectivity index (χ0v) is 6.83. The van der Waals surface area contributed by atoms with Crippen molar-refractivity contribution in [2.24, 2.45) is 5.73 Å². The Balaban J connectivity index is 2.50. The molecule has 0 spiro atoms. The molecule has 58 valence electrons. The Labute approximate surface area is 64.9 Å². The van der Waals surface area contributed by atoms with Gasteiger partial charge in [-0.05, 0) is 25.5 Å². The highest BCUT2D eigenvalue weighted by Crippen LogP contribution is 2.32. The summed E-state index contributed by atoms with van der Waals surface area (Å²) in [7, 11) is 0. The fourth-order valence-corrected chi connectivity index (χ4v) is 1.82. The van der Waals surface area contributed by atoms with Gasteiger partial charge in [-0.3, -0.25) is 4.79 Å². The number of rotatable bonds is 3. The normalized spacial score (nSPS) is 21.7. The average molecular weight is 160 g/mol. The van der Waals surface area contributed by atoms with E-state index in [0.29, 0.717) is 0 Å². The van der Waals surface area contributed by atoms with Crippen molar-refractivity contribution in [3.63, 3.8) is 0 Å². The van der Waals surface area contributed by atoms with Crippen LogP contribution < -0.4 is 10.5 Å². The zero-order valence-electron chi connectivity index (χ0n) is 6.02. The lowest BCUT2D eigenvalue weighted by Crippen LogP contribution is -2.57. The van der Waals surface area contributed by atoms with Crippen molar-refractivity contribution >= 4 is 17.9 Å². The zero-order chi connectivity index (χ0) is 7.61. The summed E-state index contributed by atoms with van der Waals surface area (Å²) in [6.07, 6.45) is 4.80. The van der Waals surface area contributed by atoms with Crippen LogP contribution in [0.15, 0.2) is 0 Å². The molecule has 0 saturated heterocycles. The van der Waals surface area contributed by atoms with E-state index in [4.69, 9.17) is 5.73 Å². The highest BCUT2D eigenvalue weighted by Gasteiger charge is 2.42. The third-order valence-corrected chi connectivity index (χ3v) is 2.57. The van der Waals surface area contributed by atoms with Crippen molar-refractivity contribution < 1.29 is 4.79 Å². The highest BCUT2D eigenvalue weighted by molar-refractivity contribution is 7.96. The van der Waals surface area contributed by atoms with Crippen molar-refractivity contribution in [3.05, 3.63) is 0 Å². The SMILES string of the molecule is CSNC1(C(N)=O)CCC1. The number of carbonyl (C=O) groups is 1. The quantitative estimate of drug-likeness (QED) is 0.582. The lowest BCUT2D eigenvalue weighted by atomic mass is 9.77. The monoisotopic (exact) mass is 160 g/mol. The van der Waals surface area contributed by atoms with Gasteiger partial charge < -0.3 is 5.73 Å². The van der Waals surface area contributed by atoms with E-state index < -0.39 is 0 Å². The molecule has 1 fully saturated rings. The van der Waals surface area contributed by atoms with E-state index in [0.717, 1.165) is 19.3 Å². The van der Waals surface area contributed by atoms with E-state index in [9.17, 15) is 4.79 Å². The Morgan fingerprint density at radius 2 is 2.30 bits per heavy atom. The number of hydrogen-bond donors (Lipinski definition) is 2. The molecule has 0 bridgehead atoms. The van der Waals surface area contributed by atoms with Crippen LogP contribution in [0.1, 0.15) is 19.3 Å². The second-order valence-electron chi connectivity index (χ2n) is 2.61. The van der Waals surface area contributed by atoms with Gasteiger partial charge in [0.15, 0.2) is 0 Å². The molecule has 1 rings (SSSR count). The van der Waals surface area contributed by atoms with E-state index in [1.807, 2.05) is 6.26 Å². The van der Waals surface area contributed by atoms with Gasteiger partial charge in [-0.15, -0.1) is 0 Å². The molecule has 1 aliphatic rings. The molecule has 0 unspecified atom stereocenters. The molecular formula is C6H12N2OS. The number of primary amides is 1. The van der Waals surface area contributed by atoms with Gasteiger partial charge in [0.2, 0.25) is 5.91 Å². The molecule has 0 radical (unpaired) electrons. The van der Waals surface area contributed by atoms with Crippen LogP contribution in [0.5, 0.6) is 0 Å². The molecule has 1 aliphatic carbocycles. The lowest BCUT2D eigenvalue weighted by Gasteiger charge is -2.38. The van der Waals surface area contributed by atoms with Crippen LogP contribution in [-0.4, -0.2) is 17.7 Å². The predicted octanol–water partition coefficient (Wildman–Crippen LogP) is 0.262. The number of nitrogens with one attached hydrogen (secondary N) is 1. The molecule has 4 heteroatoms. The fourth-order valence-electron chi connectivity index (χ4n) is 1.12. The third kappa shape index (κ3) is 1.13. The smallest absolute Gasteiger partial charge is 0.238 e. The predicted molar refractivity (Wildman–Crippen MR) is 42.4 cm³/mol. The van der Waals surface area contributed by atoms with Crippen LogP contribution in [0.4, 0.5) is 0 Å². The highest BCUT2D eigenvalue weighted by atomic mass is 32.2. The molecule has 0 aromatic rings. The summed E-state index contributed by atoms with van der Waals surface area (Å²) in [5.74, 6) is -0.215. The fraction of sp³-hybridized carbons (Fsp3) is 0.833. The van der Waals surface area contributed by atoms with Gasteiger partial charge in [0, 0.05) is 0 Å². The minimum Gasteiger partial charge on any atom is -0.368 e. The molecule has 1 amide bonds. The van der Waals surface area contributed by atoms with Crippen molar-refractivity contribution in [1.29, 1.82) is 0 Å². The maximum Gasteiger partial charge on any atom is 0.238 e. The molecule has 0 aliphatic heterocycles. The minimum absolute atomic E-state index is 0.215. The first-order valence-corrected chi connectivity index (χ1v) is 4.54. The summed E-state index contributed by atoms with van der Waals surface area (Å²) in [6, 6.07) is 0. The maximum absolute atomic E-state index is 10.8. The molecule has 3 N–H and O–H groups in total. The van der Waals surface area contributed by atoms with Gasteiger partial charge in [-0.1, -0.05) is 11.9 Å². The summed E-state index contributed by atoms with van der Waals surface area (Å²) in [6.45, 7) is 0. The summed E-state index contributed by atoms with van der Waals surface area (Å²) >= 11 is 1.46. The Kier molecular flexibility index (Phi) is 2.21. The van der Waals surface area contributed by atoms with E-state index in [2.05, 4.69) is 4.72 Å². The van der Waals surface area contributed by atoms with Crippen LogP contribution in [0.3, 0.4) is 0 Å². The van der Waals surface area contributed by atoms with E-state index in [-0.39, 0.29) is 11.4 Å². The number of carbonyl (C=O) groups excluding carboxylic acids is 1. The van der Waals surface area contributed by atoms with Gasteiger partial charge in [-0.2, -0.15) is 0 Å². The third-order valence-electron chi connectivity index (χ3n) is 1.98. The first kappa shape index (κ1) is 7.88. The number of amides is 1. The van der Waals surface area contributed by atoms with Gasteiger partial charge in [0.1, 0.15) is 5.54 Å². The minimum atomic E-state index is -0.376. The topological polar surface area (TPSA) is 55.1 Å². The Morgan fingerprint density at radius 3 is 2.40 bits per heavy atom. The standard InChI is InChI=1S/C6H12N2OS/c1-10-8-6(5(7)9)3-2-4-6/h8H,2-4H2,1H3,(H2,7,9). The Bertz CT molecular complexity index is 145. The summed E-state index contributed by atoms with van der Waals surface area (Å²) in [5.41, 5.74) is 4.83. The van der Waals surface area contributed by atoms with E-state index >= 15 is 0 Å². The second kappa shape index (κ2) is 2.80. The molecule has 10 heavy (non-hydrogen) atoms. The molecule has 0 aromatic carbocycles. The second-order valence-corrected chi connectivity index (χ2v) is 3.22. The van der Waals surface area contributed by atoms with Crippen molar-refractivity contribution in [2.45, 2.75) is 24.8 Å². The maximum atomic E-state index is 10.8. The summed E-state index contributed by atoms with van der Waals surface area (Å²) in [5, 5.41) is 0. The van der Waals surface area contributed by atoms with Crippen LogP contribution in [-0.2, 0) is 4.79 Å². The molecule has 1 saturated carbocycles. The van der Waals surface area contributed by atoms with Crippen LogP contribution in [0, 0.1) is 0 Å².